The molecule has 1 aliphatic heterocycles. The lowest BCUT2D eigenvalue weighted by Gasteiger charge is -2.21. The van der Waals surface area contributed by atoms with Gasteiger partial charge in [0.1, 0.15) is 0 Å². The van der Waals surface area contributed by atoms with Gasteiger partial charge >= 0.3 is 6.01 Å². The zero-order chi connectivity index (χ0) is 12.3. The van der Waals surface area contributed by atoms with E-state index in [0.29, 0.717) is 29.0 Å². The van der Waals surface area contributed by atoms with E-state index in [1.54, 1.807) is 0 Å². The van der Waals surface area contributed by atoms with Gasteiger partial charge in [-0.1, -0.05) is 18.9 Å². The molecule has 0 aromatic carbocycles. The molecule has 1 aromatic heterocycles. The maximum atomic E-state index is 5.65. The van der Waals surface area contributed by atoms with Gasteiger partial charge in [-0.3, -0.25) is 0 Å². The minimum atomic E-state index is 0.341. The maximum absolute atomic E-state index is 5.65. The second kappa shape index (κ2) is 5.48. The Morgan fingerprint density at radius 1 is 1.41 bits per heavy atom. The summed E-state index contributed by atoms with van der Waals surface area (Å²) < 4.78 is 5.94. The third kappa shape index (κ3) is 3.52. The van der Waals surface area contributed by atoms with Crippen LogP contribution in [-0.4, -0.2) is 39.7 Å². The van der Waals surface area contributed by atoms with E-state index in [1.807, 2.05) is 11.8 Å². The van der Waals surface area contributed by atoms with Crippen LogP contribution in [0.4, 0.5) is 6.01 Å². The molecule has 1 aliphatic rings. The third-order valence-electron chi connectivity index (χ3n) is 2.87. The average Bonchev–Trinajstić information content (AvgIpc) is 2.64. The minimum Gasteiger partial charge on any atom is -0.408 e. The number of hydrogen-bond donors (Lipinski definition) is 0. The quantitative estimate of drug-likeness (QED) is 0.793. The van der Waals surface area contributed by atoms with Crippen LogP contribution in [0.1, 0.15) is 26.2 Å². The molecular formula is C11H18ClN3OS. The molecule has 2 heterocycles. The van der Waals surface area contributed by atoms with E-state index in [2.05, 4.69) is 28.9 Å². The lowest BCUT2D eigenvalue weighted by Crippen LogP contribution is -2.27. The van der Waals surface area contributed by atoms with E-state index in [1.165, 1.54) is 0 Å². The van der Waals surface area contributed by atoms with Crippen molar-refractivity contribution in [2.75, 3.05) is 29.6 Å². The molecule has 1 fully saturated rings. The van der Waals surface area contributed by atoms with Gasteiger partial charge in [0.15, 0.2) is 0 Å². The average molecular weight is 276 g/mol. The molecule has 0 amide bonds. The van der Waals surface area contributed by atoms with Crippen LogP contribution >= 0.6 is 23.4 Å². The smallest absolute Gasteiger partial charge is 0.318 e. The van der Waals surface area contributed by atoms with Gasteiger partial charge in [-0.05, 0) is 6.42 Å². The lowest BCUT2D eigenvalue weighted by atomic mass is 10.1. The summed E-state index contributed by atoms with van der Waals surface area (Å²) in [5.41, 5.74) is 0. The van der Waals surface area contributed by atoms with Crippen LogP contribution in [0.25, 0.3) is 0 Å². The van der Waals surface area contributed by atoms with Crippen LogP contribution in [0.2, 0.25) is 0 Å². The second-order valence-electron chi connectivity index (χ2n) is 4.76. The molecule has 0 saturated carbocycles. The van der Waals surface area contributed by atoms with Crippen LogP contribution in [0.3, 0.4) is 0 Å². The van der Waals surface area contributed by atoms with Crippen molar-refractivity contribution in [2.24, 2.45) is 0 Å². The largest absolute Gasteiger partial charge is 0.408 e. The molecule has 6 heteroatoms. The molecule has 0 spiro atoms. The Kier molecular flexibility index (Phi) is 4.20. The molecule has 4 nitrogen and oxygen atoms in total. The van der Waals surface area contributed by atoms with Crippen LogP contribution in [-0.2, 0) is 6.42 Å². The summed E-state index contributed by atoms with van der Waals surface area (Å²) in [5, 5.41) is 8.09. The first-order chi connectivity index (χ1) is 8.11. The highest BCUT2D eigenvalue weighted by molar-refractivity contribution is 8.00. The highest BCUT2D eigenvalue weighted by Gasteiger charge is 2.25. The maximum Gasteiger partial charge on any atom is 0.318 e. The highest BCUT2D eigenvalue weighted by Crippen LogP contribution is 2.31. The summed E-state index contributed by atoms with van der Waals surface area (Å²) in [6.45, 7) is 6.51. The van der Waals surface area contributed by atoms with Crippen LogP contribution in [0.5, 0.6) is 0 Å². The number of hydrogen-bond acceptors (Lipinski definition) is 5. The van der Waals surface area contributed by atoms with Crippen LogP contribution in [0, 0.1) is 0 Å². The van der Waals surface area contributed by atoms with Gasteiger partial charge in [0.05, 0.1) is 0 Å². The zero-order valence-electron chi connectivity index (χ0n) is 10.3. The van der Waals surface area contributed by atoms with Crippen molar-refractivity contribution in [1.29, 1.82) is 0 Å². The van der Waals surface area contributed by atoms with E-state index in [9.17, 15) is 0 Å². The normalized spacial score (nSPS) is 20.3. The van der Waals surface area contributed by atoms with E-state index in [-0.39, 0.29) is 0 Å². The van der Waals surface area contributed by atoms with Gasteiger partial charge in [0.2, 0.25) is 5.89 Å². The topological polar surface area (TPSA) is 42.2 Å². The zero-order valence-corrected chi connectivity index (χ0v) is 11.9. The molecule has 0 radical (unpaired) electrons. The van der Waals surface area contributed by atoms with Crippen molar-refractivity contribution in [3.8, 4) is 0 Å². The number of aryl methyl sites for hydroxylation is 1. The van der Waals surface area contributed by atoms with Gasteiger partial charge in [-0.25, -0.2) is 0 Å². The Morgan fingerprint density at radius 2 is 2.24 bits per heavy atom. The summed E-state index contributed by atoms with van der Waals surface area (Å²) in [7, 11) is 0. The molecule has 2 rings (SSSR count). The lowest BCUT2D eigenvalue weighted by molar-refractivity contribution is 0.486. The Hall–Kier alpha value is -0.420. The number of anilines is 1. The molecular weight excluding hydrogens is 258 g/mol. The Bertz CT molecular complexity index is 369. The Balaban J connectivity index is 2.01. The Morgan fingerprint density at radius 3 is 3.00 bits per heavy atom. The van der Waals surface area contributed by atoms with Crippen molar-refractivity contribution < 1.29 is 4.42 Å². The van der Waals surface area contributed by atoms with Crippen molar-refractivity contribution in [2.45, 2.75) is 31.4 Å². The number of aromatic nitrogens is 2. The molecule has 0 aliphatic carbocycles. The first-order valence-electron chi connectivity index (χ1n) is 5.88. The summed E-state index contributed by atoms with van der Waals surface area (Å²) in [5.74, 6) is 2.25. The number of rotatable bonds is 3. The highest BCUT2D eigenvalue weighted by atomic mass is 35.5. The van der Waals surface area contributed by atoms with Gasteiger partial charge in [0, 0.05) is 35.9 Å². The SMILES string of the molecule is CC1(C)CCN(c2nnc(CCCl)o2)CCS1. The fourth-order valence-electron chi connectivity index (χ4n) is 1.77. The van der Waals surface area contributed by atoms with Gasteiger partial charge < -0.3 is 9.32 Å². The molecule has 0 N–H and O–H groups in total. The van der Waals surface area contributed by atoms with Crippen molar-refractivity contribution in [3.05, 3.63) is 5.89 Å². The fraction of sp³-hybridized carbons (Fsp3) is 0.818. The molecule has 1 aromatic rings. The van der Waals surface area contributed by atoms with Gasteiger partial charge in [-0.2, -0.15) is 11.8 Å². The first kappa shape index (κ1) is 13.0. The van der Waals surface area contributed by atoms with Gasteiger partial charge in [-0.15, -0.1) is 16.7 Å². The monoisotopic (exact) mass is 275 g/mol. The molecule has 1 saturated heterocycles. The fourth-order valence-corrected chi connectivity index (χ4v) is 3.03. The number of thioether (sulfide) groups is 1. The predicted molar refractivity (Wildman–Crippen MR) is 72.1 cm³/mol. The molecule has 0 atom stereocenters. The Labute approximate surface area is 111 Å². The van der Waals surface area contributed by atoms with E-state index < -0.39 is 0 Å². The van der Waals surface area contributed by atoms with E-state index in [0.717, 1.165) is 25.3 Å². The molecule has 96 valence electrons. The van der Waals surface area contributed by atoms with Gasteiger partial charge in [0.25, 0.3) is 0 Å². The molecule has 17 heavy (non-hydrogen) atoms. The minimum absolute atomic E-state index is 0.341. The van der Waals surface area contributed by atoms with Crippen molar-refractivity contribution in [3.63, 3.8) is 0 Å². The third-order valence-corrected chi connectivity index (χ3v) is 4.43. The molecule has 0 unspecified atom stereocenters. The number of halogens is 1. The summed E-state index contributed by atoms with van der Waals surface area (Å²) in [6.07, 6.45) is 1.77. The van der Waals surface area contributed by atoms with E-state index >= 15 is 0 Å². The van der Waals surface area contributed by atoms with Crippen molar-refractivity contribution in [1.82, 2.24) is 10.2 Å². The number of alkyl halides is 1. The van der Waals surface area contributed by atoms with E-state index in [4.69, 9.17) is 16.0 Å². The number of nitrogens with zero attached hydrogens (tertiary/aromatic N) is 3. The summed E-state index contributed by atoms with van der Waals surface area (Å²) >= 11 is 7.65. The second-order valence-corrected chi connectivity index (χ2v) is 6.94. The van der Waals surface area contributed by atoms with Crippen LogP contribution in [0.15, 0.2) is 4.42 Å². The summed E-state index contributed by atoms with van der Waals surface area (Å²) in [4.78, 5) is 2.17. The molecule has 0 bridgehead atoms. The van der Waals surface area contributed by atoms with Crippen LogP contribution < -0.4 is 4.90 Å². The predicted octanol–water partition coefficient (Wildman–Crippen LogP) is 2.57. The van der Waals surface area contributed by atoms with Crippen molar-refractivity contribution >= 4 is 29.4 Å². The first-order valence-corrected chi connectivity index (χ1v) is 7.40. The summed E-state index contributed by atoms with van der Waals surface area (Å²) in [6, 6.07) is 0.642. The standard InChI is InChI=1S/C11H18ClN3OS/c1-11(2)4-6-15(7-8-17-11)10-14-13-9(16-10)3-5-12/h3-8H2,1-2H3.